The Hall–Kier alpha value is -3.59. The second-order valence-electron chi connectivity index (χ2n) is 5.78. The fraction of sp³-hybridized carbons (Fsp3) is 0. The molecule has 0 bridgehead atoms. The van der Waals surface area contributed by atoms with Crippen LogP contribution in [0.1, 0.15) is 0 Å². The summed E-state index contributed by atoms with van der Waals surface area (Å²) in [5.41, 5.74) is -1.96. The molecule has 0 fully saturated rings. The zero-order valence-electron chi connectivity index (χ0n) is 13.6. The highest BCUT2D eigenvalue weighted by molar-refractivity contribution is 7.85. The molecule has 0 spiro atoms. The molecular weight excluding hydrogens is 370 g/mol. The van der Waals surface area contributed by atoms with E-state index in [1.807, 2.05) is 18.2 Å². The number of nitro groups is 1. The van der Waals surface area contributed by atoms with Crippen molar-refractivity contribution in [3.05, 3.63) is 85.4 Å². The fourth-order valence-electron chi connectivity index (χ4n) is 2.90. The van der Waals surface area contributed by atoms with Crippen LogP contribution >= 0.6 is 0 Å². The van der Waals surface area contributed by atoms with Crippen molar-refractivity contribution in [2.24, 2.45) is 0 Å². The first-order valence-corrected chi connectivity index (χ1v) is 8.95. The Kier molecular flexibility index (Phi) is 3.93. The summed E-state index contributed by atoms with van der Waals surface area (Å²) in [4.78, 5) is 38.9. The number of benzene rings is 3. The molecule has 0 saturated carbocycles. The van der Waals surface area contributed by atoms with Crippen LogP contribution in [0.2, 0.25) is 0 Å². The second-order valence-corrected chi connectivity index (χ2v) is 7.19. The van der Waals surface area contributed by atoms with Crippen molar-refractivity contribution < 1.29 is 9.13 Å². The molecule has 4 aromatic rings. The molecule has 2 N–H and O–H groups in total. The van der Waals surface area contributed by atoms with Crippen molar-refractivity contribution >= 4 is 38.3 Å². The molecule has 1 atom stereocenters. The van der Waals surface area contributed by atoms with Crippen LogP contribution in [0, 0.1) is 10.1 Å². The second kappa shape index (κ2) is 6.29. The third-order valence-corrected chi connectivity index (χ3v) is 5.63. The minimum absolute atomic E-state index is 0.0634. The summed E-state index contributed by atoms with van der Waals surface area (Å²) in [6, 6.07) is 14.9. The van der Waals surface area contributed by atoms with Crippen molar-refractivity contribution in [2.45, 2.75) is 9.79 Å². The van der Waals surface area contributed by atoms with E-state index in [0.717, 1.165) is 11.5 Å². The van der Waals surface area contributed by atoms with Gasteiger partial charge in [0.25, 0.3) is 5.69 Å². The third kappa shape index (κ3) is 2.83. The van der Waals surface area contributed by atoms with Gasteiger partial charge < -0.3 is 9.97 Å². The minimum Gasteiger partial charge on any atom is -0.316 e. The fourth-order valence-corrected chi connectivity index (χ4v) is 4.27. The van der Waals surface area contributed by atoms with Crippen molar-refractivity contribution in [1.82, 2.24) is 9.97 Å². The molecule has 0 aliphatic carbocycles. The number of aromatic nitrogens is 2. The average Bonchev–Trinajstić information content (AvgIpc) is 2.67. The third-order valence-electron chi connectivity index (χ3n) is 4.15. The molecule has 0 aliphatic rings. The van der Waals surface area contributed by atoms with Gasteiger partial charge in [0.05, 0.1) is 31.7 Å². The molecule has 0 amide bonds. The van der Waals surface area contributed by atoms with Gasteiger partial charge in [-0.2, -0.15) is 0 Å². The van der Waals surface area contributed by atoms with E-state index in [0.29, 0.717) is 10.3 Å². The van der Waals surface area contributed by atoms with Gasteiger partial charge in [0.2, 0.25) is 0 Å². The van der Waals surface area contributed by atoms with Crippen molar-refractivity contribution in [2.75, 3.05) is 0 Å². The van der Waals surface area contributed by atoms with E-state index in [1.165, 1.54) is 6.07 Å². The maximum atomic E-state index is 13.2. The molecule has 9 heteroatoms. The Morgan fingerprint density at radius 1 is 0.852 bits per heavy atom. The molecule has 1 heterocycles. The van der Waals surface area contributed by atoms with Crippen LogP contribution in [0.25, 0.3) is 21.8 Å². The lowest BCUT2D eigenvalue weighted by Gasteiger charge is -2.08. The lowest BCUT2D eigenvalue weighted by molar-refractivity contribution is -0.387. The molecule has 0 saturated heterocycles. The Morgan fingerprint density at radius 2 is 1.48 bits per heavy atom. The lowest BCUT2D eigenvalue weighted by Crippen LogP contribution is -2.29. The maximum Gasteiger partial charge on any atom is 0.314 e. The monoisotopic (exact) mass is 381 g/mol. The number of nitro benzene ring substituents is 1. The van der Waals surface area contributed by atoms with E-state index in [2.05, 4.69) is 9.97 Å². The zero-order chi connectivity index (χ0) is 19.1. The van der Waals surface area contributed by atoms with Gasteiger partial charge in [0, 0.05) is 6.07 Å². The van der Waals surface area contributed by atoms with Crippen molar-refractivity contribution in [3.63, 3.8) is 0 Å². The molecule has 3 aromatic carbocycles. The summed E-state index contributed by atoms with van der Waals surface area (Å²) >= 11 is 0. The van der Waals surface area contributed by atoms with Gasteiger partial charge in [0.1, 0.15) is 4.90 Å². The van der Waals surface area contributed by atoms with Gasteiger partial charge in [-0.25, -0.2) is 4.21 Å². The quantitative estimate of drug-likeness (QED) is 0.320. The first kappa shape index (κ1) is 16.9. The molecule has 27 heavy (non-hydrogen) atoms. The van der Waals surface area contributed by atoms with Crippen LogP contribution in [-0.2, 0) is 10.8 Å². The Balaban J connectivity index is 2.01. The van der Waals surface area contributed by atoms with Gasteiger partial charge >= 0.3 is 11.1 Å². The van der Waals surface area contributed by atoms with Crippen LogP contribution in [0.4, 0.5) is 5.69 Å². The molecule has 8 nitrogen and oxygen atoms in total. The molecular formula is C18H11N3O5S. The highest BCUT2D eigenvalue weighted by atomic mass is 32.2. The number of hydrogen-bond donors (Lipinski definition) is 2. The summed E-state index contributed by atoms with van der Waals surface area (Å²) in [5.74, 6) is 0. The minimum atomic E-state index is -1.88. The molecule has 0 radical (unpaired) electrons. The highest BCUT2D eigenvalue weighted by Gasteiger charge is 2.23. The largest absolute Gasteiger partial charge is 0.316 e. The van der Waals surface area contributed by atoms with Crippen molar-refractivity contribution in [1.29, 1.82) is 0 Å². The normalized spacial score (nSPS) is 12.3. The first-order valence-electron chi connectivity index (χ1n) is 7.80. The number of H-pyrrole nitrogens is 2. The van der Waals surface area contributed by atoms with Gasteiger partial charge in [-0.1, -0.05) is 36.4 Å². The van der Waals surface area contributed by atoms with E-state index in [4.69, 9.17) is 0 Å². The van der Waals surface area contributed by atoms with Crippen LogP contribution in [0.15, 0.2) is 74.0 Å². The number of aromatic amines is 2. The van der Waals surface area contributed by atoms with Crippen LogP contribution in [0.5, 0.6) is 0 Å². The topological polar surface area (TPSA) is 126 Å². The van der Waals surface area contributed by atoms with Crippen LogP contribution < -0.4 is 11.1 Å². The maximum absolute atomic E-state index is 13.2. The Bertz CT molecular complexity index is 1370. The summed E-state index contributed by atoms with van der Waals surface area (Å²) < 4.78 is 13.2. The predicted molar refractivity (Wildman–Crippen MR) is 100 cm³/mol. The van der Waals surface area contributed by atoms with Crippen molar-refractivity contribution in [3.8, 4) is 0 Å². The molecule has 134 valence electrons. The van der Waals surface area contributed by atoms with Gasteiger partial charge in [-0.15, -0.1) is 0 Å². The molecule has 1 unspecified atom stereocenters. The van der Waals surface area contributed by atoms with E-state index < -0.39 is 32.5 Å². The van der Waals surface area contributed by atoms with Crippen LogP contribution in [0.3, 0.4) is 0 Å². The highest BCUT2D eigenvalue weighted by Crippen LogP contribution is 2.32. The van der Waals surface area contributed by atoms with E-state index in [1.54, 1.807) is 24.3 Å². The Labute approximate surface area is 153 Å². The van der Waals surface area contributed by atoms with Crippen LogP contribution in [-0.4, -0.2) is 19.1 Å². The molecule has 0 aliphatic heterocycles. The summed E-state index contributed by atoms with van der Waals surface area (Å²) in [6.07, 6.45) is 0. The zero-order valence-corrected chi connectivity index (χ0v) is 14.4. The lowest BCUT2D eigenvalue weighted by atomic mass is 10.1. The number of fused-ring (bicyclic) bond motifs is 2. The summed E-state index contributed by atoms with van der Waals surface area (Å²) in [6.45, 7) is 0. The van der Waals surface area contributed by atoms with E-state index in [9.17, 15) is 23.9 Å². The van der Waals surface area contributed by atoms with E-state index >= 15 is 0 Å². The number of rotatable bonds is 3. The predicted octanol–water partition coefficient (Wildman–Crippen LogP) is 2.44. The van der Waals surface area contributed by atoms with Gasteiger partial charge in [-0.05, 0) is 22.9 Å². The summed E-state index contributed by atoms with van der Waals surface area (Å²) in [5, 5.41) is 13.1. The van der Waals surface area contributed by atoms with Gasteiger partial charge in [0.15, 0.2) is 0 Å². The smallest absolute Gasteiger partial charge is 0.314 e. The number of hydrogen-bond acceptors (Lipinski definition) is 5. The standard InChI is InChI=1S/C18H11N3O5S/c22-17-18(23)20-13-9-16(14(21(24)25)8-12(13)19-17)27(26)15-7-3-5-10-4-1-2-6-11(10)15/h1-9H,(H,19,22)(H,20,23). The van der Waals surface area contributed by atoms with Gasteiger partial charge in [-0.3, -0.25) is 19.7 Å². The van der Waals surface area contributed by atoms with E-state index in [-0.39, 0.29) is 15.9 Å². The Morgan fingerprint density at radius 3 is 2.19 bits per heavy atom. The SMILES string of the molecule is O=c1[nH]c2cc([N+](=O)[O-])c(S(=O)c3cccc4ccccc34)cc2[nH]c1=O. The molecule has 1 aromatic heterocycles. The number of nitrogens with one attached hydrogen (secondary N) is 2. The average molecular weight is 381 g/mol. The molecule has 4 rings (SSSR count). The first-order chi connectivity index (χ1) is 13.0. The number of nitrogens with zero attached hydrogens (tertiary/aromatic N) is 1. The summed E-state index contributed by atoms with van der Waals surface area (Å²) in [7, 11) is -1.88.